The van der Waals surface area contributed by atoms with Crippen LogP contribution in [0.15, 0.2) is 150 Å². The van der Waals surface area contributed by atoms with Crippen LogP contribution in [0.25, 0.3) is 5.57 Å². The second kappa shape index (κ2) is 19.7. The van der Waals surface area contributed by atoms with Gasteiger partial charge in [0.2, 0.25) is 0 Å². The summed E-state index contributed by atoms with van der Waals surface area (Å²) in [7, 11) is 0. The minimum absolute atomic E-state index is 0.0312. The van der Waals surface area contributed by atoms with Gasteiger partial charge in [0.15, 0.2) is 17.5 Å². The molecule has 1 saturated heterocycles. The highest BCUT2D eigenvalue weighted by Crippen LogP contribution is 2.45. The van der Waals surface area contributed by atoms with Gasteiger partial charge in [0.05, 0.1) is 40.8 Å². The number of hydrogen-bond acceptors (Lipinski definition) is 11. The van der Waals surface area contributed by atoms with Crippen molar-refractivity contribution in [3.8, 4) is 0 Å². The van der Waals surface area contributed by atoms with Crippen molar-refractivity contribution in [2.75, 3.05) is 49.1 Å². The SMILES string of the molecule is CC1=C(OCc2ccccc2)C(=C=O)C=CN1C(COC(=C=O)CN1CCN(c2cc3c(cc2F)C(=C=O)C(C(=O)OCc2ccccc2)=CN3C2CC2)CC1)Cc1ccccc1. The predicted octanol–water partition coefficient (Wildman–Crippen LogP) is 7.15. The molecular weight excluding hydrogens is 800 g/mol. The van der Waals surface area contributed by atoms with Crippen LogP contribution in [0.1, 0.15) is 42.0 Å². The molecule has 0 amide bonds. The molecule has 1 unspecified atom stereocenters. The molecule has 11 nitrogen and oxygen atoms in total. The van der Waals surface area contributed by atoms with Gasteiger partial charge in [-0.1, -0.05) is 91.0 Å². The third kappa shape index (κ3) is 9.97. The Bertz CT molecular complexity index is 2560. The first kappa shape index (κ1) is 42.5. The molecule has 1 saturated carbocycles. The van der Waals surface area contributed by atoms with Crippen LogP contribution in [0, 0.1) is 5.82 Å². The molecule has 0 N–H and O–H groups in total. The molecule has 1 atom stereocenters. The van der Waals surface area contributed by atoms with Crippen molar-refractivity contribution in [2.45, 2.75) is 51.5 Å². The number of carbonyl (C=O) groups is 1. The summed E-state index contributed by atoms with van der Waals surface area (Å²) in [6.07, 6.45) is 7.50. The zero-order valence-corrected chi connectivity index (χ0v) is 35.0. The van der Waals surface area contributed by atoms with Gasteiger partial charge in [-0.05, 0) is 61.1 Å². The smallest absolute Gasteiger partial charge is 0.341 e. The number of halogens is 1. The lowest BCUT2D eigenvalue weighted by Crippen LogP contribution is -2.47. The molecule has 0 radical (unpaired) electrons. The molecule has 2 fully saturated rings. The Hall–Kier alpha value is -7.19. The zero-order chi connectivity index (χ0) is 43.7. The molecule has 1 aliphatic carbocycles. The molecule has 8 rings (SSSR count). The second-order valence-electron chi connectivity index (χ2n) is 15.9. The van der Waals surface area contributed by atoms with Crippen LogP contribution in [0.5, 0.6) is 0 Å². The number of esters is 1. The maximum Gasteiger partial charge on any atom is 0.341 e. The quantitative estimate of drug-likeness (QED) is 0.0652. The number of anilines is 2. The van der Waals surface area contributed by atoms with E-state index >= 15 is 4.39 Å². The molecule has 3 aliphatic heterocycles. The van der Waals surface area contributed by atoms with E-state index in [1.807, 2.05) is 137 Å². The van der Waals surface area contributed by atoms with Crippen molar-refractivity contribution in [1.29, 1.82) is 0 Å². The highest BCUT2D eigenvalue weighted by molar-refractivity contribution is 6.16. The largest absolute Gasteiger partial charge is 0.486 e. The molecule has 320 valence electrons. The number of nitrogens with zero attached hydrogens (tertiary/aromatic N) is 4. The monoisotopic (exact) mass is 846 g/mol. The van der Waals surface area contributed by atoms with Gasteiger partial charge in [-0.3, -0.25) is 4.90 Å². The predicted molar refractivity (Wildman–Crippen MR) is 237 cm³/mol. The number of carbonyl (C=O) groups excluding carboxylic acids is 4. The first-order valence-corrected chi connectivity index (χ1v) is 21.1. The van der Waals surface area contributed by atoms with E-state index in [4.69, 9.17) is 14.2 Å². The topological polar surface area (TPSA) is 109 Å². The second-order valence-corrected chi connectivity index (χ2v) is 15.9. The van der Waals surface area contributed by atoms with Crippen molar-refractivity contribution in [2.24, 2.45) is 0 Å². The Kier molecular flexibility index (Phi) is 13.3. The van der Waals surface area contributed by atoms with E-state index in [1.165, 1.54) is 6.07 Å². The number of allylic oxidation sites excluding steroid dienone is 2. The summed E-state index contributed by atoms with van der Waals surface area (Å²) in [5.74, 6) is 5.31. The summed E-state index contributed by atoms with van der Waals surface area (Å²) in [4.78, 5) is 58.0. The third-order valence-corrected chi connectivity index (χ3v) is 11.7. The maximum absolute atomic E-state index is 16.1. The Morgan fingerprint density at radius 1 is 0.794 bits per heavy atom. The Morgan fingerprint density at radius 3 is 2.06 bits per heavy atom. The fourth-order valence-corrected chi connectivity index (χ4v) is 8.17. The number of rotatable bonds is 16. The number of benzene rings is 4. The van der Waals surface area contributed by atoms with E-state index < -0.39 is 11.8 Å². The minimum Gasteiger partial charge on any atom is -0.486 e. The number of hydrogen-bond donors (Lipinski definition) is 0. The van der Waals surface area contributed by atoms with Gasteiger partial charge >= 0.3 is 5.97 Å². The Morgan fingerprint density at radius 2 is 1.44 bits per heavy atom. The average Bonchev–Trinajstić information content (AvgIpc) is 4.17. The molecule has 12 heteroatoms. The molecule has 0 aromatic heterocycles. The van der Waals surface area contributed by atoms with E-state index in [2.05, 4.69) is 4.90 Å². The molecule has 4 aliphatic rings. The van der Waals surface area contributed by atoms with E-state index in [0.29, 0.717) is 60.9 Å². The summed E-state index contributed by atoms with van der Waals surface area (Å²) in [6.45, 7) is 4.51. The van der Waals surface area contributed by atoms with E-state index in [1.54, 1.807) is 18.3 Å². The Balaban J connectivity index is 0.925. The van der Waals surface area contributed by atoms with E-state index in [9.17, 15) is 19.2 Å². The van der Waals surface area contributed by atoms with Crippen LogP contribution in [0.2, 0.25) is 0 Å². The third-order valence-electron chi connectivity index (χ3n) is 11.7. The zero-order valence-electron chi connectivity index (χ0n) is 35.0. The fraction of sp³-hybridized carbons (Fsp3) is 0.275. The molecule has 0 spiro atoms. The molecular formula is C51H47FN4O7. The maximum atomic E-state index is 16.1. The average molecular weight is 847 g/mol. The highest BCUT2D eigenvalue weighted by Gasteiger charge is 2.38. The summed E-state index contributed by atoms with van der Waals surface area (Å²) >= 11 is 0. The normalized spacial score (nSPS) is 16.7. The van der Waals surface area contributed by atoms with Gasteiger partial charge in [0.1, 0.15) is 43.1 Å². The number of ether oxygens (including phenoxy) is 3. The van der Waals surface area contributed by atoms with Crippen molar-refractivity contribution in [1.82, 2.24) is 9.80 Å². The summed E-state index contributed by atoms with van der Waals surface area (Å²) < 4.78 is 34.1. The van der Waals surface area contributed by atoms with E-state index in [0.717, 1.165) is 35.2 Å². The van der Waals surface area contributed by atoms with Crippen LogP contribution in [-0.4, -0.2) is 85.0 Å². The van der Waals surface area contributed by atoms with Gasteiger partial charge in [-0.15, -0.1) is 0 Å². The molecule has 3 heterocycles. The van der Waals surface area contributed by atoms with Crippen LogP contribution in [0.3, 0.4) is 0 Å². The van der Waals surface area contributed by atoms with Gasteiger partial charge < -0.3 is 28.9 Å². The highest BCUT2D eigenvalue weighted by atomic mass is 19.1. The molecule has 0 bridgehead atoms. The molecule has 4 aromatic rings. The van der Waals surface area contributed by atoms with Crippen LogP contribution < -0.4 is 9.80 Å². The van der Waals surface area contributed by atoms with Gasteiger partial charge in [-0.25, -0.2) is 23.6 Å². The summed E-state index contributed by atoms with van der Waals surface area (Å²) in [6, 6.07) is 31.8. The van der Waals surface area contributed by atoms with Gasteiger partial charge in [-0.2, -0.15) is 0 Å². The van der Waals surface area contributed by atoms with Gasteiger partial charge in [0.25, 0.3) is 0 Å². The lowest BCUT2D eigenvalue weighted by atomic mass is 9.93. The van der Waals surface area contributed by atoms with E-state index in [-0.39, 0.29) is 55.4 Å². The standard InChI is InChI=1S/C51H47FN4O7/c1-36-50(62-33-38-13-7-3-8-14-38)40(30-57)19-20-55(36)42(25-37-11-5-2-6-12-37)35-61-43(31-58)28-53-21-23-54(24-22-53)49-27-48-44(26-47(49)52)46(32-59)45(29-56(48)41-17-18-41)51(60)63-34-39-15-9-4-10-16-39/h2-16,19-20,26-27,29,41-42H,17-18,21-25,28,33-35H2,1H3. The summed E-state index contributed by atoms with van der Waals surface area (Å²) in [5.41, 5.74) is 5.20. The first-order valence-electron chi connectivity index (χ1n) is 21.1. The lowest BCUT2D eigenvalue weighted by Gasteiger charge is -2.38. The van der Waals surface area contributed by atoms with Crippen LogP contribution >= 0.6 is 0 Å². The number of fused-ring (bicyclic) bond motifs is 1. The molecule has 4 aromatic carbocycles. The summed E-state index contributed by atoms with van der Waals surface area (Å²) in [5, 5.41) is 0. The lowest BCUT2D eigenvalue weighted by molar-refractivity contribution is -0.139. The first-order chi connectivity index (χ1) is 30.8. The number of piperazine rings is 1. The Labute approximate surface area is 365 Å². The van der Waals surface area contributed by atoms with Crippen molar-refractivity contribution in [3.05, 3.63) is 178 Å². The minimum atomic E-state index is -0.673. The van der Waals surface area contributed by atoms with Crippen molar-refractivity contribution >= 4 is 40.7 Å². The van der Waals surface area contributed by atoms with Gasteiger partial charge in [0, 0.05) is 50.2 Å². The van der Waals surface area contributed by atoms with Crippen LogP contribution in [-0.2, 0) is 53.0 Å². The molecule has 63 heavy (non-hydrogen) atoms. The van der Waals surface area contributed by atoms with Crippen molar-refractivity contribution in [3.63, 3.8) is 0 Å². The van der Waals surface area contributed by atoms with Crippen LogP contribution in [0.4, 0.5) is 15.8 Å². The van der Waals surface area contributed by atoms with Crippen molar-refractivity contribution < 1.29 is 37.8 Å². The fourth-order valence-electron chi connectivity index (χ4n) is 8.17.